The Balaban J connectivity index is 1.73. The quantitative estimate of drug-likeness (QED) is 0.590. The van der Waals surface area contributed by atoms with Gasteiger partial charge < -0.3 is 10.1 Å². The Labute approximate surface area is 173 Å². The number of nitrogens with one attached hydrogen (secondary N) is 1. The normalized spacial score (nSPS) is 14.8. The first-order valence-electron chi connectivity index (χ1n) is 9.63. The van der Waals surface area contributed by atoms with Crippen molar-refractivity contribution < 1.29 is 17.7 Å². The van der Waals surface area contributed by atoms with Gasteiger partial charge in [0, 0.05) is 34.4 Å². The van der Waals surface area contributed by atoms with Gasteiger partial charge in [-0.2, -0.15) is 4.36 Å². The van der Waals surface area contributed by atoms with Crippen LogP contribution in [0.2, 0.25) is 0 Å². The first kappa shape index (κ1) is 20.5. The lowest BCUT2D eigenvalue weighted by Crippen LogP contribution is -2.12. The van der Waals surface area contributed by atoms with E-state index in [1.54, 1.807) is 12.1 Å². The summed E-state index contributed by atoms with van der Waals surface area (Å²) in [4.78, 5) is 8.28. The molecule has 1 aliphatic carbocycles. The highest BCUT2D eigenvalue weighted by Crippen LogP contribution is 2.35. The fourth-order valence-electron chi connectivity index (χ4n) is 3.54. The molecule has 158 valence electrons. The minimum Gasteiger partial charge on any atom is -0.488 e. The fourth-order valence-corrected chi connectivity index (χ4v) is 4.15. The highest BCUT2D eigenvalue weighted by Gasteiger charge is 2.19. The largest absolute Gasteiger partial charge is 0.488 e. The summed E-state index contributed by atoms with van der Waals surface area (Å²) in [6, 6.07) is 6.91. The Morgan fingerprint density at radius 1 is 1.13 bits per heavy atom. The number of anilines is 2. The maximum atomic E-state index is 14.9. The first-order valence-corrected chi connectivity index (χ1v) is 12.0. The van der Waals surface area contributed by atoms with E-state index in [-0.39, 0.29) is 23.0 Å². The van der Waals surface area contributed by atoms with Crippen molar-refractivity contribution in [2.75, 3.05) is 17.8 Å². The summed E-state index contributed by atoms with van der Waals surface area (Å²) in [6.45, 7) is 0. The van der Waals surface area contributed by atoms with Gasteiger partial charge in [0.1, 0.15) is 29.5 Å². The average molecular weight is 432 g/mol. The number of rotatable bonds is 5. The molecule has 0 radical (unpaired) electrons. The molecule has 4 rings (SSSR count). The zero-order valence-electron chi connectivity index (χ0n) is 16.7. The Bertz CT molecular complexity index is 1210. The smallest absolute Gasteiger partial charge is 0.146 e. The minimum absolute atomic E-state index is 0.0355. The first-order chi connectivity index (χ1) is 14.3. The Morgan fingerprint density at radius 2 is 1.90 bits per heavy atom. The molecule has 0 aliphatic heterocycles. The molecule has 2 aromatic carbocycles. The Hall–Kier alpha value is -2.81. The average Bonchev–Trinajstić information content (AvgIpc) is 3.15. The topological polar surface area (TPSA) is 76.5 Å². The van der Waals surface area contributed by atoms with Gasteiger partial charge in [-0.25, -0.2) is 23.0 Å². The van der Waals surface area contributed by atoms with Gasteiger partial charge in [0.2, 0.25) is 0 Å². The van der Waals surface area contributed by atoms with Gasteiger partial charge in [-0.1, -0.05) is 0 Å². The lowest BCUT2D eigenvalue weighted by Gasteiger charge is -2.18. The molecular formula is C21H22F2N4O2S. The summed E-state index contributed by atoms with van der Waals surface area (Å²) in [5.41, 5.74) is 1.04. The molecule has 0 atom stereocenters. The number of aromatic nitrogens is 2. The zero-order valence-corrected chi connectivity index (χ0v) is 17.5. The molecule has 1 saturated carbocycles. The molecule has 0 bridgehead atoms. The van der Waals surface area contributed by atoms with Gasteiger partial charge in [-0.15, -0.1) is 0 Å². The van der Waals surface area contributed by atoms with Gasteiger partial charge in [0.15, 0.2) is 0 Å². The second-order valence-corrected chi connectivity index (χ2v) is 10.2. The van der Waals surface area contributed by atoms with E-state index in [0.29, 0.717) is 17.0 Å². The minimum atomic E-state index is -2.45. The third-order valence-electron chi connectivity index (χ3n) is 4.79. The SMILES string of the molecule is CS(C)(=O)=Nc1cc(F)c2c(Nc3ccc(F)cc3OC3CCCC3)ncnc2c1. The lowest BCUT2D eigenvalue weighted by atomic mass is 10.2. The maximum absolute atomic E-state index is 14.9. The molecule has 1 aromatic heterocycles. The van der Waals surface area contributed by atoms with E-state index >= 15 is 0 Å². The van der Waals surface area contributed by atoms with Crippen LogP contribution in [0.25, 0.3) is 10.9 Å². The second kappa shape index (κ2) is 8.14. The molecule has 0 unspecified atom stereocenters. The molecule has 1 heterocycles. The Morgan fingerprint density at radius 3 is 2.63 bits per heavy atom. The molecule has 1 aliphatic rings. The number of benzene rings is 2. The van der Waals surface area contributed by atoms with Crippen LogP contribution in [-0.4, -0.2) is 32.8 Å². The van der Waals surface area contributed by atoms with Crippen molar-refractivity contribution in [1.82, 2.24) is 9.97 Å². The fraction of sp³-hybridized carbons (Fsp3) is 0.333. The molecule has 0 amide bonds. The summed E-state index contributed by atoms with van der Waals surface area (Å²) < 4.78 is 50.7. The van der Waals surface area contributed by atoms with E-state index < -0.39 is 21.4 Å². The molecule has 6 nitrogen and oxygen atoms in total. The van der Waals surface area contributed by atoms with Crippen molar-refractivity contribution >= 4 is 37.8 Å². The highest BCUT2D eigenvalue weighted by atomic mass is 32.2. The number of fused-ring (bicyclic) bond motifs is 1. The maximum Gasteiger partial charge on any atom is 0.146 e. The molecule has 1 fully saturated rings. The summed E-state index contributed by atoms with van der Waals surface area (Å²) in [5.74, 6) is -0.433. The van der Waals surface area contributed by atoms with Gasteiger partial charge in [-0.3, -0.25) is 0 Å². The van der Waals surface area contributed by atoms with Crippen molar-refractivity contribution in [3.05, 3.63) is 48.3 Å². The number of hydrogen-bond donors (Lipinski definition) is 1. The van der Waals surface area contributed by atoms with Crippen molar-refractivity contribution in [1.29, 1.82) is 0 Å². The molecule has 3 aromatic rings. The lowest BCUT2D eigenvalue weighted by molar-refractivity contribution is 0.210. The second-order valence-electron chi connectivity index (χ2n) is 7.61. The molecule has 1 N–H and O–H groups in total. The molecule has 0 saturated heterocycles. The third-order valence-corrected chi connectivity index (χ3v) is 5.44. The van der Waals surface area contributed by atoms with E-state index in [9.17, 15) is 13.0 Å². The van der Waals surface area contributed by atoms with Crippen molar-refractivity contribution in [2.45, 2.75) is 31.8 Å². The predicted octanol–water partition coefficient (Wildman–Crippen LogP) is 5.33. The van der Waals surface area contributed by atoms with E-state index in [0.717, 1.165) is 25.7 Å². The molecule has 30 heavy (non-hydrogen) atoms. The number of ether oxygens (including phenoxy) is 1. The van der Waals surface area contributed by atoms with Crippen LogP contribution in [0.3, 0.4) is 0 Å². The van der Waals surface area contributed by atoms with Gasteiger partial charge >= 0.3 is 0 Å². The van der Waals surface area contributed by atoms with E-state index in [1.165, 1.54) is 37.0 Å². The summed E-state index contributed by atoms with van der Waals surface area (Å²) in [5, 5.41) is 3.21. The molecule has 9 heteroatoms. The van der Waals surface area contributed by atoms with Gasteiger partial charge in [-0.05, 0) is 43.9 Å². The highest BCUT2D eigenvalue weighted by molar-refractivity contribution is 7.92. The van der Waals surface area contributed by atoms with Crippen LogP contribution in [-0.2, 0) is 9.73 Å². The zero-order chi connectivity index (χ0) is 21.3. The van der Waals surface area contributed by atoms with E-state index in [1.807, 2.05) is 0 Å². The van der Waals surface area contributed by atoms with Crippen LogP contribution >= 0.6 is 0 Å². The summed E-state index contributed by atoms with van der Waals surface area (Å²) in [6.07, 6.45) is 8.29. The number of nitrogens with zero attached hydrogens (tertiary/aromatic N) is 3. The van der Waals surface area contributed by atoms with Crippen molar-refractivity contribution in [2.24, 2.45) is 4.36 Å². The summed E-state index contributed by atoms with van der Waals surface area (Å²) in [7, 11) is -2.45. The Kier molecular flexibility index (Phi) is 5.55. The van der Waals surface area contributed by atoms with Gasteiger partial charge in [0.25, 0.3) is 0 Å². The van der Waals surface area contributed by atoms with E-state index in [2.05, 4.69) is 19.6 Å². The van der Waals surface area contributed by atoms with Gasteiger partial charge in [0.05, 0.1) is 28.4 Å². The standard InChI is InChI=1S/C21H22F2N4O2S/c1-30(2,28)27-14-10-16(23)20-18(11-14)24-12-25-21(20)26-17-8-7-13(22)9-19(17)29-15-5-3-4-6-15/h7-12,15H,3-6H2,1-2H3,(H,24,25,26). The molecule has 0 spiro atoms. The van der Waals surface area contributed by atoms with Crippen molar-refractivity contribution in [3.63, 3.8) is 0 Å². The van der Waals surface area contributed by atoms with Crippen LogP contribution in [0, 0.1) is 11.6 Å². The van der Waals surface area contributed by atoms with Crippen LogP contribution in [0.4, 0.5) is 26.0 Å². The summed E-state index contributed by atoms with van der Waals surface area (Å²) >= 11 is 0. The van der Waals surface area contributed by atoms with Crippen LogP contribution < -0.4 is 10.1 Å². The van der Waals surface area contributed by atoms with Crippen LogP contribution in [0.15, 0.2) is 41.0 Å². The number of hydrogen-bond acceptors (Lipinski definition) is 6. The van der Waals surface area contributed by atoms with Crippen LogP contribution in [0.1, 0.15) is 25.7 Å². The van der Waals surface area contributed by atoms with Crippen molar-refractivity contribution in [3.8, 4) is 5.75 Å². The van der Waals surface area contributed by atoms with Crippen LogP contribution in [0.5, 0.6) is 5.75 Å². The molecular weight excluding hydrogens is 410 g/mol. The van der Waals surface area contributed by atoms with E-state index in [4.69, 9.17) is 4.74 Å². The number of halogens is 2. The third kappa shape index (κ3) is 4.67. The monoisotopic (exact) mass is 432 g/mol. The predicted molar refractivity (Wildman–Crippen MR) is 114 cm³/mol.